The third-order valence-corrected chi connectivity index (χ3v) is 8.50. The lowest BCUT2D eigenvalue weighted by atomic mass is 10.0. The van der Waals surface area contributed by atoms with Gasteiger partial charge in [-0.2, -0.15) is 0 Å². The van der Waals surface area contributed by atoms with Crippen LogP contribution in [0.3, 0.4) is 0 Å². The summed E-state index contributed by atoms with van der Waals surface area (Å²) in [6, 6.07) is 0. The molecule has 0 saturated heterocycles. The highest BCUT2D eigenvalue weighted by molar-refractivity contribution is 4.50. The van der Waals surface area contributed by atoms with Crippen LogP contribution < -0.4 is 0 Å². The number of unbranched alkanes of at least 4 members (excludes halogenated alkanes) is 16. The maximum atomic E-state index is 5.70. The maximum absolute atomic E-state index is 5.70. The Morgan fingerprint density at radius 2 is 0.302 bits per heavy atom. The average Bonchev–Trinajstić information content (AvgIpc) is 3.17. The number of hydrogen-bond acceptors (Lipinski definition) is 11. The Bertz CT molecular complexity index is 568. The highest BCUT2D eigenvalue weighted by Gasteiger charge is 1.98. The first kappa shape index (κ1) is 52.6. The molecule has 0 aliphatic heterocycles. The van der Waals surface area contributed by atoms with Crippen molar-refractivity contribution in [2.45, 2.75) is 129 Å². The van der Waals surface area contributed by atoms with Crippen LogP contribution in [0.2, 0.25) is 0 Å². The second-order valence-electron chi connectivity index (χ2n) is 13.4. The summed E-state index contributed by atoms with van der Waals surface area (Å²) in [6.45, 7) is 17.3. The molecule has 0 aliphatic carbocycles. The Labute approximate surface area is 326 Å². The zero-order valence-electron chi connectivity index (χ0n) is 34.8. The van der Waals surface area contributed by atoms with Crippen LogP contribution in [0.4, 0.5) is 0 Å². The average molecular weight is 767 g/mol. The minimum Gasteiger partial charge on any atom is -0.379 e. The van der Waals surface area contributed by atoms with Gasteiger partial charge in [-0.15, -0.1) is 0 Å². The van der Waals surface area contributed by atoms with Gasteiger partial charge in [0.05, 0.1) is 132 Å². The molecule has 0 aromatic heterocycles. The predicted molar refractivity (Wildman–Crippen MR) is 213 cm³/mol. The van der Waals surface area contributed by atoms with Gasteiger partial charge in [0.2, 0.25) is 0 Å². The van der Waals surface area contributed by atoms with Gasteiger partial charge in [-0.05, 0) is 12.8 Å². The molecular formula is C42H86O11. The predicted octanol–water partition coefficient (Wildman–Crippen LogP) is 8.23. The molecule has 0 amide bonds. The molecule has 0 bridgehead atoms. The summed E-state index contributed by atoms with van der Waals surface area (Å²) in [4.78, 5) is 0. The second-order valence-corrected chi connectivity index (χ2v) is 13.4. The standard InChI is InChI=1S/C42H86O11/c1-3-5-7-8-9-10-11-12-13-14-15-16-17-18-19-20-22-44-24-26-46-28-30-48-32-34-50-36-38-52-40-42-53-41-39-51-37-35-49-33-31-47-29-27-45-25-23-43-21-6-4-2/h3-42H2,1-2H3. The third kappa shape index (κ3) is 51.6. The van der Waals surface area contributed by atoms with Crippen molar-refractivity contribution >= 4 is 0 Å². The number of ether oxygens (including phenoxy) is 11. The smallest absolute Gasteiger partial charge is 0.0701 e. The molecule has 11 nitrogen and oxygen atoms in total. The van der Waals surface area contributed by atoms with Crippen molar-refractivity contribution in [2.75, 3.05) is 145 Å². The van der Waals surface area contributed by atoms with Gasteiger partial charge in [0.1, 0.15) is 0 Å². The summed E-state index contributed by atoms with van der Waals surface area (Å²) in [5.74, 6) is 0. The van der Waals surface area contributed by atoms with Crippen LogP contribution in [-0.4, -0.2) is 145 Å². The molecule has 320 valence electrons. The van der Waals surface area contributed by atoms with Crippen molar-refractivity contribution in [3.8, 4) is 0 Å². The molecule has 0 fully saturated rings. The van der Waals surface area contributed by atoms with E-state index in [1.165, 1.54) is 96.3 Å². The van der Waals surface area contributed by atoms with Crippen molar-refractivity contribution in [1.29, 1.82) is 0 Å². The van der Waals surface area contributed by atoms with Gasteiger partial charge in [-0.1, -0.05) is 117 Å². The number of hydrogen-bond donors (Lipinski definition) is 0. The lowest BCUT2D eigenvalue weighted by Crippen LogP contribution is -2.15. The zero-order valence-corrected chi connectivity index (χ0v) is 34.8. The normalized spacial score (nSPS) is 11.7. The summed E-state index contributed by atoms with van der Waals surface area (Å²) in [6.07, 6.45) is 24.5. The van der Waals surface area contributed by atoms with Gasteiger partial charge in [0, 0.05) is 13.2 Å². The van der Waals surface area contributed by atoms with E-state index < -0.39 is 0 Å². The molecule has 0 aromatic carbocycles. The molecule has 0 radical (unpaired) electrons. The summed E-state index contributed by atoms with van der Waals surface area (Å²) < 4.78 is 60.7. The van der Waals surface area contributed by atoms with Gasteiger partial charge in [-0.25, -0.2) is 0 Å². The van der Waals surface area contributed by atoms with Crippen LogP contribution in [0.25, 0.3) is 0 Å². The molecule has 0 rings (SSSR count). The summed E-state index contributed by atoms with van der Waals surface area (Å²) >= 11 is 0. The van der Waals surface area contributed by atoms with Crippen LogP contribution in [0.1, 0.15) is 129 Å². The quantitative estimate of drug-likeness (QED) is 0.0560. The lowest BCUT2D eigenvalue weighted by Gasteiger charge is -2.09. The molecule has 53 heavy (non-hydrogen) atoms. The Hall–Kier alpha value is -0.440. The van der Waals surface area contributed by atoms with E-state index in [1.54, 1.807) is 0 Å². The van der Waals surface area contributed by atoms with Gasteiger partial charge in [0.25, 0.3) is 0 Å². The molecule has 0 spiro atoms. The van der Waals surface area contributed by atoms with Crippen LogP contribution in [-0.2, 0) is 52.1 Å². The fraction of sp³-hybridized carbons (Fsp3) is 1.00. The van der Waals surface area contributed by atoms with Crippen molar-refractivity contribution in [2.24, 2.45) is 0 Å². The summed E-state index contributed by atoms with van der Waals surface area (Å²) in [5.41, 5.74) is 0. The van der Waals surface area contributed by atoms with E-state index in [4.69, 9.17) is 52.1 Å². The summed E-state index contributed by atoms with van der Waals surface area (Å²) in [5, 5.41) is 0. The minimum atomic E-state index is 0.528. The van der Waals surface area contributed by atoms with Crippen molar-refractivity contribution in [3.05, 3.63) is 0 Å². The van der Waals surface area contributed by atoms with E-state index in [2.05, 4.69) is 13.8 Å². The topological polar surface area (TPSA) is 102 Å². The van der Waals surface area contributed by atoms with Gasteiger partial charge >= 0.3 is 0 Å². The van der Waals surface area contributed by atoms with E-state index in [-0.39, 0.29) is 0 Å². The van der Waals surface area contributed by atoms with Crippen molar-refractivity contribution in [1.82, 2.24) is 0 Å². The maximum Gasteiger partial charge on any atom is 0.0701 e. The van der Waals surface area contributed by atoms with E-state index in [0.29, 0.717) is 132 Å². The van der Waals surface area contributed by atoms with Crippen LogP contribution in [0, 0.1) is 0 Å². The van der Waals surface area contributed by atoms with Crippen LogP contribution in [0.5, 0.6) is 0 Å². The first-order chi connectivity index (χ1) is 26.4. The van der Waals surface area contributed by atoms with Crippen molar-refractivity contribution < 1.29 is 52.1 Å². The SMILES string of the molecule is CCCCCCCCCCCCCCCCCCOCCOCCOCCOCCOCCOCCOCCOCCOCCOCCOCCCC. The van der Waals surface area contributed by atoms with Gasteiger partial charge < -0.3 is 52.1 Å². The minimum absolute atomic E-state index is 0.528. The monoisotopic (exact) mass is 767 g/mol. The van der Waals surface area contributed by atoms with E-state index in [0.717, 1.165) is 32.5 Å². The first-order valence-electron chi connectivity index (χ1n) is 21.8. The Kier molecular flexibility index (Phi) is 51.1. The molecule has 0 heterocycles. The summed E-state index contributed by atoms with van der Waals surface area (Å²) in [7, 11) is 0. The highest BCUT2D eigenvalue weighted by atomic mass is 16.6. The Morgan fingerprint density at radius 1 is 0.151 bits per heavy atom. The first-order valence-corrected chi connectivity index (χ1v) is 21.8. The fourth-order valence-electron chi connectivity index (χ4n) is 5.30. The largest absolute Gasteiger partial charge is 0.379 e. The third-order valence-electron chi connectivity index (χ3n) is 8.50. The van der Waals surface area contributed by atoms with E-state index in [9.17, 15) is 0 Å². The number of rotatable bonds is 50. The van der Waals surface area contributed by atoms with E-state index in [1.807, 2.05) is 0 Å². The highest BCUT2D eigenvalue weighted by Crippen LogP contribution is 2.13. The van der Waals surface area contributed by atoms with Crippen LogP contribution in [0.15, 0.2) is 0 Å². The van der Waals surface area contributed by atoms with Gasteiger partial charge in [-0.3, -0.25) is 0 Å². The Balaban J connectivity index is 3.05. The Morgan fingerprint density at radius 3 is 0.509 bits per heavy atom. The zero-order chi connectivity index (χ0) is 38.1. The molecule has 0 unspecified atom stereocenters. The van der Waals surface area contributed by atoms with Gasteiger partial charge in [0.15, 0.2) is 0 Å². The molecular weight excluding hydrogens is 680 g/mol. The molecule has 11 heteroatoms. The molecule has 0 saturated carbocycles. The molecule has 0 aromatic rings. The lowest BCUT2D eigenvalue weighted by molar-refractivity contribution is -0.0275. The molecule has 0 atom stereocenters. The van der Waals surface area contributed by atoms with Crippen molar-refractivity contribution in [3.63, 3.8) is 0 Å². The molecule has 0 aliphatic rings. The molecule has 0 N–H and O–H groups in total. The second kappa shape index (κ2) is 51.6. The fourth-order valence-corrected chi connectivity index (χ4v) is 5.30. The van der Waals surface area contributed by atoms with Crippen LogP contribution >= 0.6 is 0 Å². The van der Waals surface area contributed by atoms with E-state index >= 15 is 0 Å².